The molecule has 0 aromatic heterocycles. The van der Waals surface area contributed by atoms with Crippen molar-refractivity contribution in [2.24, 2.45) is 0 Å². The Morgan fingerprint density at radius 1 is 1.10 bits per heavy atom. The highest BCUT2D eigenvalue weighted by Crippen LogP contribution is 2.15. The summed E-state index contributed by atoms with van der Waals surface area (Å²) >= 11 is 0. The Kier molecular flexibility index (Phi) is 1.10. The molecule has 0 amide bonds. The van der Waals surface area contributed by atoms with Gasteiger partial charge >= 0.3 is 0 Å². The van der Waals surface area contributed by atoms with Gasteiger partial charge in [-0.05, 0) is 6.07 Å². The molecule has 10 heavy (non-hydrogen) atoms. The second-order valence-electron chi connectivity index (χ2n) is 2.07. The van der Waals surface area contributed by atoms with Crippen molar-refractivity contribution in [3.05, 3.63) is 36.8 Å². The summed E-state index contributed by atoms with van der Waals surface area (Å²) in [5.41, 5.74) is 2.09. The van der Waals surface area contributed by atoms with Crippen molar-refractivity contribution in [1.82, 2.24) is 9.97 Å². The molecular formula is C8H6N2. The van der Waals surface area contributed by atoms with Crippen molar-refractivity contribution >= 4 is 0 Å². The van der Waals surface area contributed by atoms with Crippen LogP contribution in [-0.2, 0) is 0 Å². The van der Waals surface area contributed by atoms with Gasteiger partial charge < -0.3 is 0 Å². The van der Waals surface area contributed by atoms with Crippen molar-refractivity contribution in [2.75, 3.05) is 0 Å². The first-order chi connectivity index (χ1) is 4.97. The average molecular weight is 130 g/mol. The van der Waals surface area contributed by atoms with E-state index < -0.39 is 0 Å². The van der Waals surface area contributed by atoms with E-state index in [4.69, 9.17) is 0 Å². The van der Waals surface area contributed by atoms with Crippen LogP contribution in [-0.4, -0.2) is 9.97 Å². The third-order valence-electron chi connectivity index (χ3n) is 1.41. The number of aromatic nitrogens is 2. The molecule has 0 spiro atoms. The molecule has 0 unspecified atom stereocenters. The lowest BCUT2D eigenvalue weighted by molar-refractivity contribution is 1.33. The molecule has 2 aliphatic rings. The summed E-state index contributed by atoms with van der Waals surface area (Å²) in [5.74, 6) is 0. The van der Waals surface area contributed by atoms with Crippen molar-refractivity contribution in [2.45, 2.75) is 0 Å². The lowest BCUT2D eigenvalue weighted by atomic mass is 10.3. The zero-order valence-electron chi connectivity index (χ0n) is 5.36. The summed E-state index contributed by atoms with van der Waals surface area (Å²) < 4.78 is 0. The molecule has 0 radical (unpaired) electrons. The van der Waals surface area contributed by atoms with Crippen LogP contribution in [0.25, 0.3) is 11.3 Å². The zero-order valence-corrected chi connectivity index (χ0v) is 5.36. The highest BCUT2D eigenvalue weighted by molar-refractivity contribution is 5.59. The smallest absolute Gasteiger partial charge is 0.0718 e. The van der Waals surface area contributed by atoms with Crippen LogP contribution in [0.2, 0.25) is 0 Å². The summed E-state index contributed by atoms with van der Waals surface area (Å²) in [5, 5.41) is 0. The summed E-state index contributed by atoms with van der Waals surface area (Å²) in [7, 11) is 0. The van der Waals surface area contributed by atoms with Gasteiger partial charge in [-0.2, -0.15) is 0 Å². The molecule has 0 N–H and O–H groups in total. The van der Waals surface area contributed by atoms with Crippen LogP contribution in [0.15, 0.2) is 36.8 Å². The van der Waals surface area contributed by atoms with Gasteiger partial charge in [0.2, 0.25) is 0 Å². The summed E-state index contributed by atoms with van der Waals surface area (Å²) in [6, 6.07) is 5.94. The minimum absolute atomic E-state index is 0.998. The van der Waals surface area contributed by atoms with Gasteiger partial charge in [0.1, 0.15) is 0 Å². The molecule has 2 heteroatoms. The van der Waals surface area contributed by atoms with Gasteiger partial charge in [-0.3, -0.25) is 9.97 Å². The summed E-state index contributed by atoms with van der Waals surface area (Å²) in [6.07, 6.45) is 5.19. The molecule has 0 fully saturated rings. The van der Waals surface area contributed by atoms with E-state index in [0.717, 1.165) is 11.3 Å². The molecule has 0 saturated carbocycles. The first kappa shape index (κ1) is 5.35. The van der Waals surface area contributed by atoms with Crippen LogP contribution >= 0.6 is 0 Å². The van der Waals surface area contributed by atoms with E-state index in [-0.39, 0.29) is 0 Å². The van der Waals surface area contributed by atoms with Gasteiger partial charge in [0, 0.05) is 24.2 Å². The highest BCUT2D eigenvalue weighted by atomic mass is 14.7. The van der Waals surface area contributed by atoms with E-state index in [9.17, 15) is 0 Å². The Hall–Kier alpha value is -1.44. The van der Waals surface area contributed by atoms with E-state index in [0.29, 0.717) is 0 Å². The van der Waals surface area contributed by atoms with Gasteiger partial charge in [0.05, 0.1) is 5.69 Å². The van der Waals surface area contributed by atoms with E-state index >= 15 is 0 Å². The van der Waals surface area contributed by atoms with Crippen LogP contribution in [0, 0.1) is 0 Å². The van der Waals surface area contributed by atoms with Crippen LogP contribution in [0.5, 0.6) is 0 Å². The van der Waals surface area contributed by atoms with E-state index in [1.807, 2.05) is 24.4 Å². The Morgan fingerprint density at radius 2 is 2.10 bits per heavy atom. The summed E-state index contributed by atoms with van der Waals surface area (Å²) in [6.45, 7) is 0. The van der Waals surface area contributed by atoms with E-state index in [2.05, 4.69) is 9.97 Å². The fraction of sp³-hybridized carbons (Fsp3) is 0. The molecule has 0 saturated heterocycles. The fourth-order valence-corrected chi connectivity index (χ4v) is 0.927. The normalized spacial score (nSPS) is 10.0. The molecule has 1 heterocycles. The standard InChI is InChI=1S/C8H6N2/c1-2-7-6-9-4-5-10-8(7)3-1/h1-6H. The predicted octanol–water partition coefficient (Wildman–Crippen LogP) is 1.58. The van der Waals surface area contributed by atoms with Gasteiger partial charge in [0.15, 0.2) is 0 Å². The van der Waals surface area contributed by atoms with Gasteiger partial charge in [-0.15, -0.1) is 0 Å². The molecule has 0 bridgehead atoms. The number of rotatable bonds is 0. The Labute approximate surface area is 58.9 Å². The predicted molar refractivity (Wildman–Crippen MR) is 38.7 cm³/mol. The maximum absolute atomic E-state index is 4.14. The Balaban J connectivity index is 2.74. The van der Waals surface area contributed by atoms with Crippen LogP contribution in [0.1, 0.15) is 0 Å². The van der Waals surface area contributed by atoms with Crippen LogP contribution in [0.3, 0.4) is 0 Å². The second kappa shape index (κ2) is 2.06. The molecule has 0 atom stereocenters. The van der Waals surface area contributed by atoms with Gasteiger partial charge in [-0.1, -0.05) is 12.1 Å². The van der Waals surface area contributed by atoms with E-state index in [1.165, 1.54) is 0 Å². The average Bonchev–Trinajstić information content (AvgIpc) is 2.28. The minimum atomic E-state index is 0.998. The fourth-order valence-electron chi connectivity index (χ4n) is 0.927. The highest BCUT2D eigenvalue weighted by Gasteiger charge is 1.97. The monoisotopic (exact) mass is 130 g/mol. The second-order valence-corrected chi connectivity index (χ2v) is 2.07. The van der Waals surface area contributed by atoms with Crippen molar-refractivity contribution < 1.29 is 0 Å². The molecule has 2 nitrogen and oxygen atoms in total. The maximum atomic E-state index is 4.14. The first-order valence-electron chi connectivity index (χ1n) is 3.11. The maximum Gasteiger partial charge on any atom is 0.0718 e. The molecule has 0 aromatic carbocycles. The number of hydrogen-bond donors (Lipinski definition) is 0. The lowest BCUT2D eigenvalue weighted by Gasteiger charge is -1.83. The third kappa shape index (κ3) is 0.739. The lowest BCUT2D eigenvalue weighted by Crippen LogP contribution is -1.68. The van der Waals surface area contributed by atoms with Crippen molar-refractivity contribution in [3.63, 3.8) is 0 Å². The van der Waals surface area contributed by atoms with E-state index in [1.54, 1.807) is 12.4 Å². The molecule has 48 valence electrons. The number of fused-ring (bicyclic) bond motifs is 1. The molecular weight excluding hydrogens is 124 g/mol. The first-order valence-corrected chi connectivity index (χ1v) is 3.11. The quantitative estimate of drug-likeness (QED) is 0.541. The zero-order chi connectivity index (χ0) is 6.81. The number of hydrogen-bond acceptors (Lipinski definition) is 2. The topological polar surface area (TPSA) is 25.8 Å². The van der Waals surface area contributed by atoms with Crippen LogP contribution < -0.4 is 0 Å². The van der Waals surface area contributed by atoms with Gasteiger partial charge in [-0.25, -0.2) is 0 Å². The van der Waals surface area contributed by atoms with Crippen molar-refractivity contribution in [1.29, 1.82) is 0 Å². The SMILES string of the molecule is c1cc2cnccnc-2c1. The third-order valence-corrected chi connectivity index (χ3v) is 1.41. The molecule has 1 aliphatic heterocycles. The Morgan fingerprint density at radius 3 is 3.10 bits per heavy atom. The van der Waals surface area contributed by atoms with Gasteiger partial charge in [0.25, 0.3) is 0 Å². The largest absolute Gasteiger partial charge is 0.262 e. The Bertz CT molecular complexity index is 278. The molecule has 2 rings (SSSR count). The number of nitrogens with zero attached hydrogens (tertiary/aromatic N) is 2. The molecule has 1 aliphatic carbocycles. The minimum Gasteiger partial charge on any atom is -0.262 e. The van der Waals surface area contributed by atoms with Crippen LogP contribution in [0.4, 0.5) is 0 Å². The summed E-state index contributed by atoms with van der Waals surface area (Å²) in [4.78, 5) is 8.13. The molecule has 0 aromatic rings. The van der Waals surface area contributed by atoms with Crippen molar-refractivity contribution in [3.8, 4) is 11.3 Å².